The van der Waals surface area contributed by atoms with Crippen molar-refractivity contribution in [3.8, 4) is 5.75 Å². The molecular weight excluding hydrogens is 446 g/mol. The Balaban J connectivity index is 1.32. The van der Waals surface area contributed by atoms with Crippen LogP contribution in [0.15, 0.2) is 59.9 Å². The Hall–Kier alpha value is -2.64. The van der Waals surface area contributed by atoms with E-state index in [2.05, 4.69) is 27.0 Å². The van der Waals surface area contributed by atoms with Crippen LogP contribution in [0.25, 0.3) is 10.9 Å². The van der Waals surface area contributed by atoms with Gasteiger partial charge in [-0.15, -0.1) is 11.8 Å². The monoisotopic (exact) mass is 479 g/mol. The maximum Gasteiger partial charge on any atom is 0.310 e. The van der Waals surface area contributed by atoms with E-state index in [1.165, 1.54) is 12.7 Å². The van der Waals surface area contributed by atoms with Gasteiger partial charge in [0.2, 0.25) is 0 Å². The van der Waals surface area contributed by atoms with Crippen molar-refractivity contribution >= 4 is 28.6 Å². The van der Waals surface area contributed by atoms with Crippen LogP contribution in [0.4, 0.5) is 0 Å². The number of ether oxygens (including phenoxy) is 2. The number of hydrogen-bond acceptors (Lipinski definition) is 7. The summed E-state index contributed by atoms with van der Waals surface area (Å²) in [6.07, 6.45) is 7.74. The molecule has 0 unspecified atom stereocenters. The van der Waals surface area contributed by atoms with Gasteiger partial charge in [-0.25, -0.2) is 4.98 Å². The van der Waals surface area contributed by atoms with Crippen molar-refractivity contribution in [2.75, 3.05) is 39.6 Å². The summed E-state index contributed by atoms with van der Waals surface area (Å²) in [6.45, 7) is 2.75. The Morgan fingerprint density at radius 2 is 2.06 bits per heavy atom. The maximum atomic E-state index is 12.6. The molecule has 34 heavy (non-hydrogen) atoms. The number of hydrogen-bond donors (Lipinski definition) is 0. The van der Waals surface area contributed by atoms with Gasteiger partial charge in [0.05, 0.1) is 30.7 Å². The molecule has 0 aliphatic carbocycles. The first-order valence-corrected chi connectivity index (χ1v) is 12.9. The van der Waals surface area contributed by atoms with Crippen molar-refractivity contribution in [1.29, 1.82) is 0 Å². The van der Waals surface area contributed by atoms with E-state index in [1.54, 1.807) is 18.9 Å². The number of benzene rings is 1. The molecule has 7 heteroatoms. The smallest absolute Gasteiger partial charge is 0.310 e. The Morgan fingerprint density at radius 3 is 2.85 bits per heavy atom. The summed E-state index contributed by atoms with van der Waals surface area (Å²) >= 11 is 1.76. The number of nitrogens with zero attached hydrogens (tertiary/aromatic N) is 3. The van der Waals surface area contributed by atoms with E-state index >= 15 is 0 Å². The molecule has 1 fully saturated rings. The summed E-state index contributed by atoms with van der Waals surface area (Å²) in [5.41, 5.74) is 2.27. The van der Waals surface area contributed by atoms with Crippen LogP contribution in [0.3, 0.4) is 0 Å². The summed E-state index contributed by atoms with van der Waals surface area (Å²) < 4.78 is 10.6. The third-order valence-electron chi connectivity index (χ3n) is 6.70. The molecule has 1 aliphatic rings. The molecule has 4 rings (SSSR count). The number of carbonyl (C=O) groups excluding carboxylic acids is 1. The molecular formula is C27H33N3O3S. The summed E-state index contributed by atoms with van der Waals surface area (Å²) in [5.74, 6) is 2.03. The fourth-order valence-corrected chi connectivity index (χ4v) is 5.70. The number of fused-ring (bicyclic) bond motifs is 1. The highest BCUT2D eigenvalue weighted by atomic mass is 32.2. The van der Waals surface area contributed by atoms with Crippen molar-refractivity contribution in [2.24, 2.45) is 11.8 Å². The molecule has 1 saturated heterocycles. The number of pyridine rings is 2. The summed E-state index contributed by atoms with van der Waals surface area (Å²) in [5, 5.41) is 2.19. The lowest BCUT2D eigenvalue weighted by atomic mass is 9.81. The van der Waals surface area contributed by atoms with Crippen LogP contribution in [0.5, 0.6) is 5.75 Å². The van der Waals surface area contributed by atoms with Crippen LogP contribution in [-0.4, -0.2) is 60.4 Å². The van der Waals surface area contributed by atoms with Gasteiger partial charge in [0.25, 0.3) is 0 Å². The molecule has 0 spiro atoms. The van der Waals surface area contributed by atoms with Crippen molar-refractivity contribution in [2.45, 2.75) is 30.7 Å². The third-order valence-corrected chi connectivity index (χ3v) is 7.62. The highest BCUT2D eigenvalue weighted by Crippen LogP contribution is 2.31. The molecule has 0 radical (unpaired) electrons. The highest BCUT2D eigenvalue weighted by molar-refractivity contribution is 7.99. The highest BCUT2D eigenvalue weighted by Gasteiger charge is 2.34. The predicted octanol–water partition coefficient (Wildman–Crippen LogP) is 4.86. The minimum atomic E-state index is -0.0776. The van der Waals surface area contributed by atoms with Gasteiger partial charge in [0.1, 0.15) is 5.75 Å². The second-order valence-electron chi connectivity index (χ2n) is 8.74. The summed E-state index contributed by atoms with van der Waals surface area (Å²) in [6, 6.07) is 14.1. The van der Waals surface area contributed by atoms with E-state index in [4.69, 9.17) is 9.47 Å². The predicted molar refractivity (Wildman–Crippen MR) is 136 cm³/mol. The number of esters is 1. The van der Waals surface area contributed by atoms with Gasteiger partial charge in [-0.3, -0.25) is 9.78 Å². The van der Waals surface area contributed by atoms with Gasteiger partial charge >= 0.3 is 5.97 Å². The number of likely N-dealkylation sites (tertiary alicyclic amines) is 1. The zero-order valence-electron chi connectivity index (χ0n) is 20.0. The fraction of sp³-hybridized carbons (Fsp3) is 0.444. The van der Waals surface area contributed by atoms with Crippen molar-refractivity contribution in [1.82, 2.24) is 14.9 Å². The van der Waals surface area contributed by atoms with E-state index in [-0.39, 0.29) is 11.9 Å². The zero-order chi connectivity index (χ0) is 23.8. The third kappa shape index (κ3) is 6.27. The van der Waals surface area contributed by atoms with E-state index in [9.17, 15) is 4.79 Å². The maximum absolute atomic E-state index is 12.6. The lowest BCUT2D eigenvalue weighted by molar-refractivity contribution is -0.149. The zero-order valence-corrected chi connectivity index (χ0v) is 20.8. The molecule has 0 saturated carbocycles. The molecule has 6 nitrogen and oxygen atoms in total. The second kappa shape index (κ2) is 12.2. The van der Waals surface area contributed by atoms with E-state index in [0.29, 0.717) is 5.92 Å². The van der Waals surface area contributed by atoms with Gasteiger partial charge < -0.3 is 14.4 Å². The van der Waals surface area contributed by atoms with Crippen LogP contribution >= 0.6 is 11.8 Å². The first-order valence-electron chi connectivity index (χ1n) is 11.9. The first kappa shape index (κ1) is 24.5. The van der Waals surface area contributed by atoms with Crippen molar-refractivity contribution in [3.05, 3.63) is 60.4 Å². The van der Waals surface area contributed by atoms with Gasteiger partial charge in [0.15, 0.2) is 0 Å². The molecule has 180 valence electrons. The Bertz CT molecular complexity index is 1080. The number of carbonyl (C=O) groups is 1. The Kier molecular flexibility index (Phi) is 8.77. The molecule has 0 bridgehead atoms. The first-order chi connectivity index (χ1) is 16.7. The lowest BCUT2D eigenvalue weighted by Gasteiger charge is -2.37. The van der Waals surface area contributed by atoms with Crippen LogP contribution in [0.1, 0.15) is 24.8 Å². The Labute approximate surface area is 206 Å². The van der Waals surface area contributed by atoms with Crippen LogP contribution in [0, 0.1) is 11.8 Å². The number of piperidine rings is 1. The second-order valence-corrected chi connectivity index (χ2v) is 9.86. The normalized spacial score (nSPS) is 18.6. The minimum Gasteiger partial charge on any atom is -0.497 e. The molecule has 2 aromatic heterocycles. The molecule has 0 N–H and O–H groups in total. The van der Waals surface area contributed by atoms with Gasteiger partial charge in [-0.2, -0.15) is 0 Å². The summed E-state index contributed by atoms with van der Waals surface area (Å²) in [7, 11) is 3.19. The van der Waals surface area contributed by atoms with Gasteiger partial charge in [-0.05, 0) is 80.1 Å². The number of thioether (sulfide) groups is 1. The number of rotatable bonds is 10. The number of methoxy groups -OCH3 is 2. The summed E-state index contributed by atoms with van der Waals surface area (Å²) in [4.78, 5) is 23.9. The average Bonchev–Trinajstić information content (AvgIpc) is 2.89. The quantitative estimate of drug-likeness (QED) is 0.304. The lowest BCUT2D eigenvalue weighted by Crippen LogP contribution is -2.45. The SMILES string of the molecule is COC(=O)[C@H]1CN(CCSc2ccccn2)CC[C@H]1CCCc1ccnc2ccc(OC)cc12. The van der Waals surface area contributed by atoms with Crippen LogP contribution in [0.2, 0.25) is 0 Å². The largest absolute Gasteiger partial charge is 0.497 e. The average molecular weight is 480 g/mol. The van der Waals surface area contributed by atoms with Gasteiger partial charge in [0, 0.05) is 36.6 Å². The molecule has 0 amide bonds. The molecule has 1 aromatic carbocycles. The topological polar surface area (TPSA) is 64.5 Å². The van der Waals surface area contributed by atoms with Crippen LogP contribution < -0.4 is 4.74 Å². The number of aromatic nitrogens is 2. The number of aryl methyl sites for hydroxylation is 1. The van der Waals surface area contributed by atoms with E-state index in [0.717, 1.165) is 72.7 Å². The Morgan fingerprint density at radius 1 is 1.15 bits per heavy atom. The molecule has 2 atom stereocenters. The van der Waals surface area contributed by atoms with E-state index < -0.39 is 0 Å². The minimum absolute atomic E-state index is 0.0621. The molecule has 3 heterocycles. The van der Waals surface area contributed by atoms with Crippen molar-refractivity contribution < 1.29 is 14.3 Å². The van der Waals surface area contributed by atoms with Gasteiger partial charge in [-0.1, -0.05) is 6.07 Å². The van der Waals surface area contributed by atoms with Crippen molar-refractivity contribution in [3.63, 3.8) is 0 Å². The van der Waals surface area contributed by atoms with E-state index in [1.807, 2.05) is 42.7 Å². The van der Waals surface area contributed by atoms with Crippen LogP contribution in [-0.2, 0) is 16.0 Å². The fourth-order valence-electron chi connectivity index (χ4n) is 4.83. The molecule has 3 aromatic rings. The molecule has 1 aliphatic heterocycles. The standard InChI is InChI=1S/C27H33N3O3S/c1-32-22-9-10-25-23(18-22)20(11-14-28-25)6-5-7-21-12-15-30(19-24(21)27(31)33-2)16-17-34-26-8-3-4-13-29-26/h3-4,8-11,13-14,18,21,24H,5-7,12,15-17,19H2,1-2H3/t21-,24+/m1/s1.